The van der Waals surface area contributed by atoms with E-state index < -0.39 is 10.8 Å². The second-order valence-corrected chi connectivity index (χ2v) is 21.3. The van der Waals surface area contributed by atoms with Crippen molar-refractivity contribution in [2.75, 3.05) is 9.80 Å². The Labute approximate surface area is 417 Å². The molecule has 328 valence electrons. The van der Waals surface area contributed by atoms with E-state index in [0.717, 1.165) is 5.69 Å². The molecule has 10 aromatic carbocycles. The average Bonchev–Trinajstić information content (AvgIpc) is 4.23. The topological polar surface area (TPSA) is 6.48 Å². The van der Waals surface area contributed by atoms with E-state index in [1.807, 2.05) is 0 Å². The molecule has 11 aromatic rings. The highest BCUT2D eigenvalue weighted by Crippen LogP contribution is 2.68. The standard InChI is InChI=1S/C67H41BN2S/c1-40-34-36-42(37-35-40)70-59-33-17-32-58-62(59)68(65-63(70)61-48-25-10-16-31-55(48)67(64(61)71-65)53-29-14-7-22-45(53)46-23-8-15-30-54(46)67)57-38-49-47-24-9-13-28-52(47)66(56(49)39-60(57)69(58)41-18-3-2-4-19-41)50-26-11-5-20-43(50)44-21-6-12-27-51(44)66/h2-39H,1H3. The Hall–Kier alpha value is -8.44. The van der Waals surface area contributed by atoms with E-state index in [-0.39, 0.29) is 6.71 Å². The maximum absolute atomic E-state index is 2.64. The van der Waals surface area contributed by atoms with E-state index in [9.17, 15) is 0 Å². The summed E-state index contributed by atoms with van der Waals surface area (Å²) >= 11 is 2.06. The molecule has 0 fully saturated rings. The summed E-state index contributed by atoms with van der Waals surface area (Å²) < 4.78 is 1.40. The van der Waals surface area contributed by atoms with Gasteiger partial charge in [0.1, 0.15) is 0 Å². The van der Waals surface area contributed by atoms with Crippen LogP contribution >= 0.6 is 11.3 Å². The van der Waals surface area contributed by atoms with Gasteiger partial charge in [-0.2, -0.15) is 0 Å². The van der Waals surface area contributed by atoms with Gasteiger partial charge in [0.15, 0.2) is 0 Å². The fourth-order valence-corrected chi connectivity index (χ4v) is 16.2. The number of rotatable bonds is 2. The van der Waals surface area contributed by atoms with Crippen LogP contribution in [0.15, 0.2) is 231 Å². The molecule has 6 aliphatic rings. The molecule has 2 nitrogen and oxygen atoms in total. The van der Waals surface area contributed by atoms with Gasteiger partial charge in [-0.25, -0.2) is 0 Å². The van der Waals surface area contributed by atoms with E-state index in [4.69, 9.17) is 0 Å². The van der Waals surface area contributed by atoms with Gasteiger partial charge in [-0.05, 0) is 138 Å². The van der Waals surface area contributed by atoms with Crippen molar-refractivity contribution in [1.29, 1.82) is 0 Å². The summed E-state index contributed by atoms with van der Waals surface area (Å²) in [5.41, 5.74) is 30.6. The van der Waals surface area contributed by atoms with Crippen molar-refractivity contribution in [3.63, 3.8) is 0 Å². The summed E-state index contributed by atoms with van der Waals surface area (Å²) in [5.74, 6) is 0. The van der Waals surface area contributed by atoms with Gasteiger partial charge in [-0.1, -0.05) is 194 Å². The van der Waals surface area contributed by atoms with Gasteiger partial charge in [-0.3, -0.25) is 0 Å². The minimum Gasteiger partial charge on any atom is -0.311 e. The first-order chi connectivity index (χ1) is 35.2. The van der Waals surface area contributed by atoms with E-state index in [2.05, 4.69) is 259 Å². The Morgan fingerprint density at radius 3 is 1.38 bits per heavy atom. The SMILES string of the molecule is Cc1ccc(N2c3cccc4c3B(c3cc5c(cc3N4c3ccccc3)C3(c4ccccc4-c4ccccc43)c3ccccc3-5)c3sc4c(c32)-c2ccccc2C42c3ccccc3-c3ccccc32)cc1. The zero-order chi connectivity index (χ0) is 46.3. The minimum absolute atomic E-state index is 0.0447. The number of anilines is 6. The van der Waals surface area contributed by atoms with Gasteiger partial charge < -0.3 is 9.80 Å². The number of hydrogen-bond donors (Lipinski definition) is 0. The number of nitrogens with zero attached hydrogens (tertiary/aromatic N) is 2. The number of benzene rings is 10. The van der Waals surface area contributed by atoms with E-state index in [1.165, 1.54) is 138 Å². The number of fused-ring (bicyclic) bond motifs is 25. The highest BCUT2D eigenvalue weighted by molar-refractivity contribution is 7.30. The summed E-state index contributed by atoms with van der Waals surface area (Å²) in [4.78, 5) is 6.65. The van der Waals surface area contributed by atoms with Crippen molar-refractivity contribution in [3.05, 3.63) is 280 Å². The van der Waals surface area contributed by atoms with Crippen LogP contribution in [0.2, 0.25) is 0 Å². The lowest BCUT2D eigenvalue weighted by Crippen LogP contribution is -2.60. The molecule has 0 N–H and O–H groups in total. The van der Waals surface area contributed by atoms with Crippen LogP contribution < -0.4 is 25.5 Å². The lowest BCUT2D eigenvalue weighted by atomic mass is 9.36. The van der Waals surface area contributed by atoms with Gasteiger partial charge in [0.2, 0.25) is 0 Å². The number of thiophene rings is 1. The molecule has 0 saturated heterocycles. The molecule has 17 rings (SSSR count). The van der Waals surface area contributed by atoms with Crippen molar-refractivity contribution in [3.8, 4) is 44.5 Å². The van der Waals surface area contributed by atoms with Crippen LogP contribution in [0.3, 0.4) is 0 Å². The third-order valence-electron chi connectivity index (χ3n) is 17.1. The van der Waals surface area contributed by atoms with Gasteiger partial charge >= 0.3 is 0 Å². The van der Waals surface area contributed by atoms with Crippen LogP contribution in [0.1, 0.15) is 49.4 Å². The van der Waals surface area contributed by atoms with Crippen LogP contribution in [0.5, 0.6) is 0 Å². The first-order valence-corrected chi connectivity index (χ1v) is 25.8. The molecule has 3 heterocycles. The molecule has 0 saturated carbocycles. The third-order valence-corrected chi connectivity index (χ3v) is 18.5. The summed E-state index contributed by atoms with van der Waals surface area (Å²) in [7, 11) is 0. The smallest absolute Gasteiger partial charge is 0.264 e. The van der Waals surface area contributed by atoms with Crippen molar-refractivity contribution < 1.29 is 0 Å². The highest BCUT2D eigenvalue weighted by Gasteiger charge is 2.58. The van der Waals surface area contributed by atoms with Gasteiger partial charge in [0.05, 0.1) is 16.5 Å². The van der Waals surface area contributed by atoms with Crippen molar-refractivity contribution in [2.24, 2.45) is 0 Å². The van der Waals surface area contributed by atoms with Gasteiger partial charge in [0, 0.05) is 43.7 Å². The van der Waals surface area contributed by atoms with Crippen molar-refractivity contribution in [1.82, 2.24) is 0 Å². The molecule has 71 heavy (non-hydrogen) atoms. The Morgan fingerprint density at radius 1 is 0.366 bits per heavy atom. The Bertz CT molecular complexity index is 4070. The second-order valence-electron chi connectivity index (χ2n) is 20.2. The fourth-order valence-electron chi connectivity index (χ4n) is 14.6. The molecule has 4 aliphatic carbocycles. The largest absolute Gasteiger partial charge is 0.311 e. The molecule has 0 bridgehead atoms. The quantitative estimate of drug-likeness (QED) is 0.159. The van der Waals surface area contributed by atoms with E-state index >= 15 is 0 Å². The molecule has 2 spiro atoms. The van der Waals surface area contributed by atoms with E-state index in [1.54, 1.807) is 0 Å². The molecular weight excluding hydrogens is 876 g/mol. The number of aryl methyl sites for hydroxylation is 1. The maximum atomic E-state index is 2.64. The Balaban J connectivity index is 1.02. The monoisotopic (exact) mass is 916 g/mol. The first kappa shape index (κ1) is 38.4. The van der Waals surface area contributed by atoms with Crippen LogP contribution in [0.4, 0.5) is 34.1 Å². The molecule has 0 radical (unpaired) electrons. The maximum Gasteiger partial charge on any atom is 0.264 e. The lowest BCUT2D eigenvalue weighted by Gasteiger charge is -2.44. The Kier molecular flexibility index (Phi) is 7.28. The summed E-state index contributed by atoms with van der Waals surface area (Å²) in [6.45, 7) is 2.15. The van der Waals surface area contributed by atoms with Crippen LogP contribution in [0, 0.1) is 6.92 Å². The first-order valence-electron chi connectivity index (χ1n) is 25.0. The van der Waals surface area contributed by atoms with Gasteiger partial charge in [0.25, 0.3) is 6.71 Å². The zero-order valence-corrected chi connectivity index (χ0v) is 39.6. The molecule has 4 heteroatoms. The second kappa shape index (κ2) is 13.5. The molecular formula is C67H41BN2S. The Morgan fingerprint density at radius 2 is 0.817 bits per heavy atom. The highest BCUT2D eigenvalue weighted by atomic mass is 32.1. The van der Waals surface area contributed by atoms with Crippen LogP contribution in [-0.2, 0) is 10.8 Å². The summed E-state index contributed by atoms with van der Waals surface area (Å²) in [6, 6.07) is 88.2. The molecule has 0 atom stereocenters. The minimum atomic E-state index is -0.470. The fraction of sp³-hybridized carbons (Fsp3) is 0.0448. The predicted octanol–water partition coefficient (Wildman–Crippen LogP) is 14.8. The molecule has 0 amide bonds. The third kappa shape index (κ3) is 4.45. The molecule has 1 aromatic heterocycles. The predicted molar refractivity (Wildman–Crippen MR) is 296 cm³/mol. The zero-order valence-electron chi connectivity index (χ0n) is 38.8. The van der Waals surface area contributed by atoms with Crippen LogP contribution in [0.25, 0.3) is 44.5 Å². The van der Waals surface area contributed by atoms with Crippen molar-refractivity contribution >= 4 is 67.9 Å². The van der Waals surface area contributed by atoms with E-state index in [0.29, 0.717) is 0 Å². The lowest BCUT2D eigenvalue weighted by molar-refractivity contribution is 0.794. The number of hydrogen-bond acceptors (Lipinski definition) is 3. The average molecular weight is 917 g/mol. The number of para-hydroxylation sites is 1. The molecule has 2 aliphatic heterocycles. The van der Waals surface area contributed by atoms with Gasteiger partial charge in [-0.15, -0.1) is 11.3 Å². The summed E-state index contributed by atoms with van der Waals surface area (Å²) in [6.07, 6.45) is 0. The normalized spacial score (nSPS) is 15.3. The molecule has 0 unspecified atom stereocenters. The summed E-state index contributed by atoms with van der Waals surface area (Å²) in [5, 5.41) is 0. The van der Waals surface area contributed by atoms with Crippen LogP contribution in [-0.4, -0.2) is 6.71 Å². The van der Waals surface area contributed by atoms with Crippen molar-refractivity contribution in [2.45, 2.75) is 17.8 Å².